The first kappa shape index (κ1) is 50.0. The molecule has 0 radical (unpaired) electrons. The van der Waals surface area contributed by atoms with E-state index in [1.807, 2.05) is 72.8 Å². The zero-order chi connectivity index (χ0) is 49.3. The molecule has 2 fully saturated rings. The van der Waals surface area contributed by atoms with Gasteiger partial charge in [0.05, 0.1) is 24.2 Å². The molecule has 8 rings (SSSR count). The van der Waals surface area contributed by atoms with Crippen molar-refractivity contribution in [3.63, 3.8) is 0 Å². The SMILES string of the molecule is CN[C@@H](C)C(=O)NC(C(=O)N1CCC[C@H]1C(=O)N[C@@H]1CCCc2ccccc21)c1ccc(CCc2ccc([C@H](NC(=O)[C@H](C)NC)C(=O)N3CCC[C@H]3C(=O)NC3CCCc4ccccc43)cc2)cc1. The van der Waals surface area contributed by atoms with Gasteiger partial charge in [-0.2, -0.15) is 0 Å². The Morgan fingerprint density at radius 2 is 0.900 bits per heavy atom. The van der Waals surface area contributed by atoms with E-state index >= 15 is 0 Å². The average Bonchev–Trinajstić information content (AvgIpc) is 4.10. The summed E-state index contributed by atoms with van der Waals surface area (Å²) >= 11 is 0. The molecule has 14 heteroatoms. The molecule has 4 aromatic rings. The predicted octanol–water partition coefficient (Wildman–Crippen LogP) is 5.37. The quantitative estimate of drug-likeness (QED) is 0.0818. The van der Waals surface area contributed by atoms with Crippen molar-refractivity contribution < 1.29 is 28.8 Å². The highest BCUT2D eigenvalue weighted by Gasteiger charge is 2.41. The Bertz CT molecular complexity index is 2340. The average molecular weight is 951 g/mol. The lowest BCUT2D eigenvalue weighted by atomic mass is 9.87. The monoisotopic (exact) mass is 951 g/mol. The molecule has 4 aliphatic rings. The zero-order valence-electron chi connectivity index (χ0n) is 41.1. The van der Waals surface area contributed by atoms with Gasteiger partial charge in [-0.1, -0.05) is 97.1 Å². The van der Waals surface area contributed by atoms with Crippen LogP contribution in [0.5, 0.6) is 0 Å². The topological polar surface area (TPSA) is 181 Å². The fraction of sp³-hybridized carbons (Fsp3) is 0.464. The molecule has 0 aromatic heterocycles. The van der Waals surface area contributed by atoms with E-state index in [4.69, 9.17) is 0 Å². The summed E-state index contributed by atoms with van der Waals surface area (Å²) in [5.41, 5.74) is 8.08. The standard InChI is InChI=1S/C56H70N8O6/c1-35(57-3)51(65)61-49(55(69)63-33-11-21-47(63)53(67)59-45-19-9-15-39-13-5-7-17-43(39)45)41-29-25-37(26-30-41)23-24-38-27-31-42(32-28-38)50(62-52(66)36(2)58-4)56(70)64-34-12-22-48(64)54(68)60-46-20-10-16-40-14-6-8-18-44(40)46/h5-8,13-14,17-18,25-32,35-36,45-50,57-58H,9-12,15-16,19-24,33-34H2,1-4H3,(H,59,67)(H,60,68)(H,61,65)(H,62,66)/t35-,36-,45+,46?,47-,48-,49?,50-/m0/s1. The molecule has 2 aliphatic carbocycles. The summed E-state index contributed by atoms with van der Waals surface area (Å²) in [6.07, 6.45) is 9.45. The van der Waals surface area contributed by atoms with E-state index in [-0.39, 0.29) is 47.5 Å². The number of amides is 6. The van der Waals surface area contributed by atoms with Gasteiger partial charge in [-0.15, -0.1) is 0 Å². The van der Waals surface area contributed by atoms with Crippen molar-refractivity contribution in [2.75, 3.05) is 27.2 Å². The molecular weight excluding hydrogens is 881 g/mol. The Morgan fingerprint density at radius 3 is 1.29 bits per heavy atom. The van der Waals surface area contributed by atoms with Crippen LogP contribution in [0, 0.1) is 0 Å². The fourth-order valence-electron chi connectivity index (χ4n) is 10.7. The third-order valence-electron chi connectivity index (χ3n) is 15.1. The van der Waals surface area contributed by atoms with Gasteiger partial charge in [0.25, 0.3) is 0 Å². The number of rotatable bonds is 17. The lowest BCUT2D eigenvalue weighted by Crippen LogP contribution is -2.52. The number of carbonyl (C=O) groups excluding carboxylic acids is 6. The third kappa shape index (κ3) is 11.5. The van der Waals surface area contributed by atoms with Gasteiger partial charge in [-0.05, 0) is 150 Å². The number of carbonyl (C=O) groups is 6. The third-order valence-corrected chi connectivity index (χ3v) is 15.1. The first-order valence-electron chi connectivity index (χ1n) is 25.4. The molecule has 8 atom stereocenters. The lowest BCUT2D eigenvalue weighted by molar-refractivity contribution is -0.142. The number of likely N-dealkylation sites (N-methyl/N-ethyl adjacent to an activating group) is 2. The Morgan fingerprint density at radius 1 is 0.514 bits per heavy atom. The minimum Gasteiger partial charge on any atom is -0.347 e. The molecular formula is C56H70N8O6. The number of nitrogens with zero attached hydrogens (tertiary/aromatic N) is 2. The van der Waals surface area contributed by atoms with Gasteiger partial charge in [0.2, 0.25) is 35.4 Å². The molecule has 2 heterocycles. The highest BCUT2D eigenvalue weighted by atomic mass is 16.2. The van der Waals surface area contributed by atoms with E-state index in [0.717, 1.165) is 60.8 Å². The van der Waals surface area contributed by atoms with Crippen molar-refractivity contribution in [1.82, 2.24) is 41.7 Å². The summed E-state index contributed by atoms with van der Waals surface area (Å²) in [5, 5.41) is 18.4. The van der Waals surface area contributed by atoms with Gasteiger partial charge >= 0.3 is 0 Å². The van der Waals surface area contributed by atoms with Gasteiger partial charge in [0, 0.05) is 13.1 Å². The van der Waals surface area contributed by atoms with Gasteiger partial charge in [-0.3, -0.25) is 28.8 Å². The smallest absolute Gasteiger partial charge is 0.250 e. The van der Waals surface area contributed by atoms with Crippen molar-refractivity contribution in [3.05, 3.63) is 142 Å². The summed E-state index contributed by atoms with van der Waals surface area (Å²) in [5.74, 6) is -1.59. The molecule has 370 valence electrons. The van der Waals surface area contributed by atoms with Crippen LogP contribution in [0.1, 0.15) is 134 Å². The van der Waals surface area contributed by atoms with Crippen LogP contribution in [0.3, 0.4) is 0 Å². The summed E-state index contributed by atoms with van der Waals surface area (Å²) < 4.78 is 0. The van der Waals surface area contributed by atoms with Crippen LogP contribution in [0.4, 0.5) is 0 Å². The summed E-state index contributed by atoms with van der Waals surface area (Å²) in [6, 6.07) is 27.3. The fourth-order valence-corrected chi connectivity index (χ4v) is 10.7. The van der Waals surface area contributed by atoms with Gasteiger partial charge < -0.3 is 41.7 Å². The van der Waals surface area contributed by atoms with Crippen molar-refractivity contribution in [1.29, 1.82) is 0 Å². The molecule has 0 bridgehead atoms. The van der Waals surface area contributed by atoms with E-state index < -0.39 is 36.3 Å². The Kier molecular flexibility index (Phi) is 16.5. The van der Waals surface area contributed by atoms with Crippen molar-refractivity contribution in [3.8, 4) is 0 Å². The van der Waals surface area contributed by atoms with Crippen molar-refractivity contribution in [2.45, 2.75) is 139 Å². The maximum atomic E-state index is 14.5. The largest absolute Gasteiger partial charge is 0.347 e. The highest BCUT2D eigenvalue weighted by molar-refractivity contribution is 5.95. The number of aryl methyl sites for hydroxylation is 4. The van der Waals surface area contributed by atoms with E-state index in [1.54, 1.807) is 37.7 Å². The zero-order valence-corrected chi connectivity index (χ0v) is 41.1. The molecule has 6 N–H and O–H groups in total. The van der Waals surface area contributed by atoms with Crippen LogP contribution >= 0.6 is 0 Å². The number of likely N-dealkylation sites (tertiary alicyclic amines) is 2. The summed E-state index contributed by atoms with van der Waals surface area (Å²) in [4.78, 5) is 86.7. The van der Waals surface area contributed by atoms with Gasteiger partial charge in [-0.25, -0.2) is 0 Å². The second kappa shape index (κ2) is 23.0. The normalized spacial score (nSPS) is 21.3. The van der Waals surface area contributed by atoms with E-state index in [1.165, 1.54) is 11.1 Å². The van der Waals surface area contributed by atoms with Gasteiger partial charge in [0.15, 0.2) is 0 Å². The molecule has 0 spiro atoms. The Hall–Kier alpha value is -6.38. The second-order valence-corrected chi connectivity index (χ2v) is 19.6. The number of nitrogens with one attached hydrogen (secondary N) is 6. The maximum absolute atomic E-state index is 14.5. The molecule has 2 aliphatic heterocycles. The van der Waals surface area contributed by atoms with Crippen LogP contribution in [0.15, 0.2) is 97.1 Å². The van der Waals surface area contributed by atoms with Crippen LogP contribution in [-0.4, -0.2) is 96.6 Å². The predicted molar refractivity (Wildman–Crippen MR) is 269 cm³/mol. The molecule has 2 saturated heterocycles. The van der Waals surface area contributed by atoms with E-state index in [2.05, 4.69) is 56.2 Å². The number of fused-ring (bicyclic) bond motifs is 2. The number of benzene rings is 4. The minimum absolute atomic E-state index is 0.104. The minimum atomic E-state index is -0.986. The summed E-state index contributed by atoms with van der Waals surface area (Å²) in [7, 11) is 3.39. The van der Waals surface area contributed by atoms with Crippen LogP contribution in [0.2, 0.25) is 0 Å². The molecule has 14 nitrogen and oxygen atoms in total. The van der Waals surface area contributed by atoms with E-state index in [9.17, 15) is 28.8 Å². The molecule has 0 saturated carbocycles. The Balaban J connectivity index is 0.929. The van der Waals surface area contributed by atoms with E-state index in [0.29, 0.717) is 62.7 Å². The lowest BCUT2D eigenvalue weighted by Gasteiger charge is -2.32. The second-order valence-electron chi connectivity index (χ2n) is 19.6. The first-order valence-corrected chi connectivity index (χ1v) is 25.4. The Labute approximate surface area is 412 Å². The van der Waals surface area contributed by atoms with Crippen LogP contribution < -0.4 is 31.9 Å². The van der Waals surface area contributed by atoms with Crippen molar-refractivity contribution in [2.24, 2.45) is 0 Å². The van der Waals surface area contributed by atoms with Gasteiger partial charge in [0.1, 0.15) is 24.2 Å². The van der Waals surface area contributed by atoms with Crippen LogP contribution in [-0.2, 0) is 54.5 Å². The number of hydrogen-bond acceptors (Lipinski definition) is 8. The highest BCUT2D eigenvalue weighted by Crippen LogP contribution is 2.33. The maximum Gasteiger partial charge on any atom is 0.250 e. The van der Waals surface area contributed by atoms with Crippen LogP contribution in [0.25, 0.3) is 0 Å². The summed E-state index contributed by atoms with van der Waals surface area (Å²) in [6.45, 7) is 4.32. The number of hydrogen-bond donors (Lipinski definition) is 6. The molecule has 4 aromatic carbocycles. The molecule has 6 amide bonds. The first-order chi connectivity index (χ1) is 33.9. The molecule has 70 heavy (non-hydrogen) atoms. The molecule has 2 unspecified atom stereocenters. The van der Waals surface area contributed by atoms with Crippen molar-refractivity contribution >= 4 is 35.4 Å².